The third kappa shape index (κ3) is 4.70. The predicted octanol–water partition coefficient (Wildman–Crippen LogP) is 2.02. The quantitative estimate of drug-likeness (QED) is 0.782. The number of rotatable bonds is 6. The van der Waals surface area contributed by atoms with Crippen LogP contribution < -0.4 is 0 Å². The first kappa shape index (κ1) is 13.9. The van der Waals surface area contributed by atoms with Gasteiger partial charge in [-0.25, -0.2) is 17.6 Å². The molecule has 96 valence electrons. The van der Waals surface area contributed by atoms with Crippen molar-refractivity contribution in [2.45, 2.75) is 13.0 Å². The SMILES string of the molecule is OCCN(Cc1ccc(F)c(F)c1)CC(F)F. The maximum atomic E-state index is 12.9. The largest absolute Gasteiger partial charge is 0.395 e. The number of aliphatic hydroxyl groups is 1. The first-order chi connectivity index (χ1) is 8.02. The van der Waals surface area contributed by atoms with Crippen molar-refractivity contribution in [3.05, 3.63) is 35.4 Å². The van der Waals surface area contributed by atoms with Crippen LogP contribution in [0, 0.1) is 11.6 Å². The molecule has 0 aromatic heterocycles. The first-order valence-electron chi connectivity index (χ1n) is 5.08. The molecule has 0 unspecified atom stereocenters. The van der Waals surface area contributed by atoms with E-state index in [1.807, 2.05) is 0 Å². The summed E-state index contributed by atoms with van der Waals surface area (Å²) in [7, 11) is 0. The average Bonchev–Trinajstić information content (AvgIpc) is 2.23. The van der Waals surface area contributed by atoms with Crippen molar-refractivity contribution in [3.63, 3.8) is 0 Å². The van der Waals surface area contributed by atoms with Crippen LogP contribution >= 0.6 is 0 Å². The van der Waals surface area contributed by atoms with Crippen LogP contribution in [0.25, 0.3) is 0 Å². The zero-order valence-electron chi connectivity index (χ0n) is 9.04. The van der Waals surface area contributed by atoms with Crippen molar-refractivity contribution in [2.75, 3.05) is 19.7 Å². The average molecular weight is 251 g/mol. The minimum atomic E-state index is -2.54. The summed E-state index contributed by atoms with van der Waals surface area (Å²) in [5, 5.41) is 8.71. The van der Waals surface area contributed by atoms with Crippen molar-refractivity contribution in [1.29, 1.82) is 0 Å². The predicted molar refractivity (Wildman–Crippen MR) is 54.7 cm³/mol. The molecule has 0 spiro atoms. The Morgan fingerprint density at radius 1 is 1.18 bits per heavy atom. The van der Waals surface area contributed by atoms with Crippen LogP contribution in [0.15, 0.2) is 18.2 Å². The van der Waals surface area contributed by atoms with Gasteiger partial charge in [0.15, 0.2) is 11.6 Å². The lowest BCUT2D eigenvalue weighted by molar-refractivity contribution is 0.0746. The second kappa shape index (κ2) is 6.56. The van der Waals surface area contributed by atoms with Crippen molar-refractivity contribution in [3.8, 4) is 0 Å². The second-order valence-electron chi connectivity index (χ2n) is 3.60. The Bertz CT molecular complexity index is 359. The Labute approximate surface area is 96.5 Å². The van der Waals surface area contributed by atoms with Crippen LogP contribution in [0.1, 0.15) is 5.56 Å². The van der Waals surface area contributed by atoms with E-state index in [4.69, 9.17) is 5.11 Å². The highest BCUT2D eigenvalue weighted by Crippen LogP contribution is 2.11. The minimum Gasteiger partial charge on any atom is -0.395 e. The van der Waals surface area contributed by atoms with Gasteiger partial charge in [-0.3, -0.25) is 4.90 Å². The topological polar surface area (TPSA) is 23.5 Å². The molecule has 0 aliphatic carbocycles. The zero-order valence-corrected chi connectivity index (χ0v) is 9.04. The molecule has 0 fully saturated rings. The molecule has 6 heteroatoms. The van der Waals surface area contributed by atoms with E-state index in [9.17, 15) is 17.6 Å². The highest BCUT2D eigenvalue weighted by atomic mass is 19.3. The van der Waals surface area contributed by atoms with Gasteiger partial charge in [0.25, 0.3) is 6.43 Å². The van der Waals surface area contributed by atoms with Crippen molar-refractivity contribution >= 4 is 0 Å². The van der Waals surface area contributed by atoms with E-state index in [2.05, 4.69) is 0 Å². The van der Waals surface area contributed by atoms with Gasteiger partial charge in [-0.2, -0.15) is 0 Å². The van der Waals surface area contributed by atoms with Gasteiger partial charge in [0.05, 0.1) is 13.2 Å². The molecule has 1 aromatic rings. The first-order valence-corrected chi connectivity index (χ1v) is 5.08. The molecule has 0 radical (unpaired) electrons. The Morgan fingerprint density at radius 3 is 2.41 bits per heavy atom. The van der Waals surface area contributed by atoms with Gasteiger partial charge < -0.3 is 5.11 Å². The molecule has 17 heavy (non-hydrogen) atoms. The lowest BCUT2D eigenvalue weighted by Crippen LogP contribution is -2.31. The Hall–Kier alpha value is -1.14. The molecular weight excluding hydrogens is 238 g/mol. The summed E-state index contributed by atoms with van der Waals surface area (Å²) in [6, 6.07) is 3.24. The highest BCUT2D eigenvalue weighted by molar-refractivity contribution is 5.17. The van der Waals surface area contributed by atoms with E-state index in [-0.39, 0.29) is 19.7 Å². The molecule has 0 saturated heterocycles. The van der Waals surface area contributed by atoms with E-state index < -0.39 is 24.6 Å². The lowest BCUT2D eigenvalue weighted by Gasteiger charge is -2.20. The fraction of sp³-hybridized carbons (Fsp3) is 0.455. The third-order valence-electron chi connectivity index (χ3n) is 2.20. The number of hydrogen-bond acceptors (Lipinski definition) is 2. The number of halogens is 4. The van der Waals surface area contributed by atoms with Crippen LogP contribution in [0.4, 0.5) is 17.6 Å². The Kier molecular flexibility index (Phi) is 5.37. The Balaban J connectivity index is 2.67. The van der Waals surface area contributed by atoms with Crippen LogP contribution in [-0.2, 0) is 6.54 Å². The minimum absolute atomic E-state index is 0.0437. The van der Waals surface area contributed by atoms with Gasteiger partial charge in [-0.05, 0) is 17.7 Å². The number of benzene rings is 1. The summed E-state index contributed by atoms with van der Waals surface area (Å²) in [5.41, 5.74) is 0.387. The van der Waals surface area contributed by atoms with Gasteiger partial charge in [-0.1, -0.05) is 6.07 Å². The van der Waals surface area contributed by atoms with Gasteiger partial charge in [0.2, 0.25) is 0 Å². The van der Waals surface area contributed by atoms with E-state index in [1.54, 1.807) is 0 Å². The maximum absolute atomic E-state index is 12.9. The fourth-order valence-electron chi connectivity index (χ4n) is 1.47. The van der Waals surface area contributed by atoms with E-state index in [1.165, 1.54) is 11.0 Å². The Morgan fingerprint density at radius 2 is 1.88 bits per heavy atom. The highest BCUT2D eigenvalue weighted by Gasteiger charge is 2.13. The molecule has 1 aromatic carbocycles. The molecule has 2 nitrogen and oxygen atoms in total. The van der Waals surface area contributed by atoms with E-state index in [0.29, 0.717) is 5.56 Å². The molecule has 0 aliphatic rings. The van der Waals surface area contributed by atoms with Gasteiger partial charge in [-0.15, -0.1) is 0 Å². The molecular formula is C11H13F4NO. The number of alkyl halides is 2. The standard InChI is InChI=1S/C11H13F4NO/c12-9-2-1-8(5-10(9)13)6-16(3-4-17)7-11(14)15/h1-2,5,11,17H,3-4,6-7H2. The lowest BCUT2D eigenvalue weighted by atomic mass is 10.2. The van der Waals surface area contributed by atoms with Crippen LogP contribution in [-0.4, -0.2) is 36.1 Å². The van der Waals surface area contributed by atoms with Crippen molar-refractivity contribution in [1.82, 2.24) is 4.90 Å². The summed E-state index contributed by atoms with van der Waals surface area (Å²) < 4.78 is 49.9. The summed E-state index contributed by atoms with van der Waals surface area (Å²) in [4.78, 5) is 1.28. The molecule has 0 heterocycles. The summed E-state index contributed by atoms with van der Waals surface area (Å²) in [6.07, 6.45) is -2.54. The normalized spacial score (nSPS) is 11.5. The summed E-state index contributed by atoms with van der Waals surface area (Å²) in [6.45, 7) is -0.679. The summed E-state index contributed by atoms with van der Waals surface area (Å²) >= 11 is 0. The molecule has 0 amide bonds. The van der Waals surface area contributed by atoms with Gasteiger partial charge in [0.1, 0.15) is 0 Å². The van der Waals surface area contributed by atoms with Gasteiger partial charge >= 0.3 is 0 Å². The smallest absolute Gasteiger partial charge is 0.251 e. The molecule has 0 aliphatic heterocycles. The van der Waals surface area contributed by atoms with Gasteiger partial charge in [0, 0.05) is 13.1 Å². The van der Waals surface area contributed by atoms with Crippen LogP contribution in [0.3, 0.4) is 0 Å². The fourth-order valence-corrected chi connectivity index (χ4v) is 1.47. The third-order valence-corrected chi connectivity index (χ3v) is 2.20. The van der Waals surface area contributed by atoms with Crippen molar-refractivity contribution in [2.24, 2.45) is 0 Å². The molecule has 0 saturated carbocycles. The van der Waals surface area contributed by atoms with E-state index >= 15 is 0 Å². The second-order valence-corrected chi connectivity index (χ2v) is 3.60. The summed E-state index contributed by atoms with van der Waals surface area (Å²) in [5.74, 6) is -1.99. The van der Waals surface area contributed by atoms with Crippen LogP contribution in [0.2, 0.25) is 0 Å². The number of aliphatic hydroxyl groups excluding tert-OH is 1. The molecule has 0 atom stereocenters. The van der Waals surface area contributed by atoms with Crippen molar-refractivity contribution < 1.29 is 22.7 Å². The van der Waals surface area contributed by atoms with Crippen LogP contribution in [0.5, 0.6) is 0 Å². The number of nitrogens with zero attached hydrogens (tertiary/aromatic N) is 1. The zero-order chi connectivity index (χ0) is 12.8. The number of hydrogen-bond donors (Lipinski definition) is 1. The monoisotopic (exact) mass is 251 g/mol. The molecule has 0 bridgehead atoms. The molecule has 1 rings (SSSR count). The maximum Gasteiger partial charge on any atom is 0.251 e. The van der Waals surface area contributed by atoms with E-state index in [0.717, 1.165) is 12.1 Å². The molecule has 1 N–H and O–H groups in total.